The lowest BCUT2D eigenvalue weighted by molar-refractivity contribution is 0.629. The van der Waals surface area contributed by atoms with Gasteiger partial charge in [-0.25, -0.2) is 4.39 Å². The Labute approximate surface area is 115 Å². The van der Waals surface area contributed by atoms with Gasteiger partial charge in [-0.3, -0.25) is 0 Å². The van der Waals surface area contributed by atoms with Gasteiger partial charge in [0.15, 0.2) is 0 Å². The minimum atomic E-state index is -0.218. The minimum Gasteiger partial charge on any atom is -0.354 e. The normalized spacial score (nSPS) is 11.2. The zero-order chi connectivity index (χ0) is 13.5. The van der Waals surface area contributed by atoms with Crippen molar-refractivity contribution in [3.05, 3.63) is 72.5 Å². The van der Waals surface area contributed by atoms with Gasteiger partial charge in [-0.05, 0) is 46.7 Å². The van der Waals surface area contributed by atoms with E-state index in [-0.39, 0.29) is 5.82 Å². The average molecular weight is 261 g/mol. The van der Waals surface area contributed by atoms with E-state index in [0.29, 0.717) is 0 Å². The van der Waals surface area contributed by atoms with Gasteiger partial charge in [0.05, 0.1) is 0 Å². The first kappa shape index (κ1) is 11.2. The van der Waals surface area contributed by atoms with Gasteiger partial charge in [0.2, 0.25) is 0 Å². The van der Waals surface area contributed by atoms with Gasteiger partial charge in [0.25, 0.3) is 0 Å². The summed E-state index contributed by atoms with van der Waals surface area (Å²) in [4.78, 5) is 3.28. The molecule has 4 rings (SSSR count). The maximum absolute atomic E-state index is 13.2. The van der Waals surface area contributed by atoms with Gasteiger partial charge >= 0.3 is 0 Å². The first-order chi connectivity index (χ1) is 9.79. The molecule has 0 radical (unpaired) electrons. The van der Waals surface area contributed by atoms with Crippen molar-refractivity contribution in [1.82, 2.24) is 4.98 Å². The molecular formula is C18H12FN. The summed E-state index contributed by atoms with van der Waals surface area (Å²) in [6.45, 7) is 0. The Bertz CT molecular complexity index is 921. The zero-order valence-corrected chi connectivity index (χ0v) is 10.7. The van der Waals surface area contributed by atoms with Crippen LogP contribution >= 0.6 is 0 Å². The number of hydrogen-bond acceptors (Lipinski definition) is 0. The fourth-order valence-corrected chi connectivity index (χ4v) is 2.61. The van der Waals surface area contributed by atoms with E-state index in [1.54, 1.807) is 6.07 Å². The molecule has 96 valence electrons. The third kappa shape index (κ3) is 1.77. The lowest BCUT2D eigenvalue weighted by Crippen LogP contribution is -1.78. The molecule has 0 unspecified atom stereocenters. The molecule has 0 spiro atoms. The maximum Gasteiger partial charge on any atom is 0.125 e. The van der Waals surface area contributed by atoms with E-state index in [1.807, 2.05) is 12.1 Å². The molecule has 0 atom stereocenters. The molecule has 1 aromatic heterocycles. The van der Waals surface area contributed by atoms with Gasteiger partial charge in [0, 0.05) is 16.6 Å². The molecule has 4 aromatic rings. The summed E-state index contributed by atoms with van der Waals surface area (Å²) in [5.41, 5.74) is 2.95. The number of rotatable bonds is 1. The fourth-order valence-electron chi connectivity index (χ4n) is 2.61. The highest BCUT2D eigenvalue weighted by Gasteiger charge is 2.05. The molecule has 0 saturated heterocycles. The quantitative estimate of drug-likeness (QED) is 0.489. The van der Waals surface area contributed by atoms with Crippen LogP contribution in [0.3, 0.4) is 0 Å². The Morgan fingerprint density at radius 1 is 0.700 bits per heavy atom. The number of aromatic amines is 1. The van der Waals surface area contributed by atoms with Gasteiger partial charge in [-0.1, -0.05) is 36.4 Å². The third-order valence-electron chi connectivity index (χ3n) is 3.64. The lowest BCUT2D eigenvalue weighted by Gasteiger charge is -2.01. The number of aromatic nitrogens is 1. The van der Waals surface area contributed by atoms with Gasteiger partial charge in [-0.15, -0.1) is 0 Å². The zero-order valence-electron chi connectivity index (χ0n) is 10.7. The van der Waals surface area contributed by atoms with Crippen molar-refractivity contribution in [2.45, 2.75) is 0 Å². The van der Waals surface area contributed by atoms with Gasteiger partial charge < -0.3 is 4.98 Å². The molecule has 1 nitrogen and oxygen atoms in total. The van der Waals surface area contributed by atoms with E-state index in [1.165, 1.54) is 22.9 Å². The largest absolute Gasteiger partial charge is 0.354 e. The van der Waals surface area contributed by atoms with Crippen molar-refractivity contribution in [3.8, 4) is 11.3 Å². The maximum atomic E-state index is 13.2. The number of fused-ring (bicyclic) bond motifs is 2. The Morgan fingerprint density at radius 3 is 2.40 bits per heavy atom. The molecule has 1 heterocycles. The molecule has 0 aliphatic heterocycles. The molecule has 0 aliphatic carbocycles. The number of benzene rings is 3. The summed E-state index contributed by atoms with van der Waals surface area (Å²) in [7, 11) is 0. The van der Waals surface area contributed by atoms with Crippen molar-refractivity contribution in [2.24, 2.45) is 0 Å². The van der Waals surface area contributed by atoms with Crippen LogP contribution in [0.5, 0.6) is 0 Å². The second-order valence-corrected chi connectivity index (χ2v) is 4.98. The standard InChI is InChI=1S/C18H12FN/c19-16-8-7-15-10-17(20-18(15)11-16)14-6-5-12-3-1-2-4-13(12)9-14/h1-11,20H. The van der Waals surface area contributed by atoms with Crippen LogP contribution in [0.2, 0.25) is 0 Å². The molecule has 20 heavy (non-hydrogen) atoms. The van der Waals surface area contributed by atoms with Crippen molar-refractivity contribution in [1.29, 1.82) is 0 Å². The number of hydrogen-bond donors (Lipinski definition) is 1. The SMILES string of the molecule is Fc1ccc2cc(-c3ccc4ccccc4c3)[nH]c2c1. The minimum absolute atomic E-state index is 0.218. The third-order valence-corrected chi connectivity index (χ3v) is 3.64. The van der Waals surface area contributed by atoms with E-state index in [0.717, 1.165) is 22.2 Å². The Morgan fingerprint density at radius 2 is 1.50 bits per heavy atom. The predicted molar refractivity (Wildman–Crippen MR) is 81.2 cm³/mol. The summed E-state index contributed by atoms with van der Waals surface area (Å²) in [5.74, 6) is -0.218. The molecule has 0 aliphatic rings. The molecular weight excluding hydrogens is 249 g/mol. The molecule has 3 aromatic carbocycles. The van der Waals surface area contributed by atoms with Crippen LogP contribution in [0, 0.1) is 5.82 Å². The second-order valence-electron chi connectivity index (χ2n) is 4.98. The van der Waals surface area contributed by atoms with Crippen LogP contribution in [0.1, 0.15) is 0 Å². The second kappa shape index (κ2) is 4.20. The molecule has 0 amide bonds. The molecule has 0 fully saturated rings. The van der Waals surface area contributed by atoms with E-state index in [2.05, 4.69) is 41.4 Å². The fraction of sp³-hybridized carbons (Fsp3) is 0. The van der Waals surface area contributed by atoms with Gasteiger partial charge in [0.1, 0.15) is 5.82 Å². The summed E-state index contributed by atoms with van der Waals surface area (Å²) in [6.07, 6.45) is 0. The summed E-state index contributed by atoms with van der Waals surface area (Å²) in [5, 5.41) is 3.45. The van der Waals surface area contributed by atoms with Crippen molar-refractivity contribution >= 4 is 21.7 Å². The Kier molecular flexibility index (Phi) is 2.36. The first-order valence-electron chi connectivity index (χ1n) is 6.57. The van der Waals surface area contributed by atoms with Gasteiger partial charge in [-0.2, -0.15) is 0 Å². The van der Waals surface area contributed by atoms with E-state index < -0.39 is 0 Å². The Hall–Kier alpha value is -2.61. The van der Waals surface area contributed by atoms with Crippen LogP contribution in [0.25, 0.3) is 32.9 Å². The Balaban J connectivity index is 1.91. The van der Waals surface area contributed by atoms with Crippen molar-refractivity contribution in [2.75, 3.05) is 0 Å². The highest BCUT2D eigenvalue weighted by atomic mass is 19.1. The lowest BCUT2D eigenvalue weighted by atomic mass is 10.1. The van der Waals surface area contributed by atoms with Crippen LogP contribution in [0.15, 0.2) is 66.7 Å². The van der Waals surface area contributed by atoms with Crippen LogP contribution in [0.4, 0.5) is 4.39 Å². The monoisotopic (exact) mass is 261 g/mol. The van der Waals surface area contributed by atoms with Crippen LogP contribution in [-0.2, 0) is 0 Å². The topological polar surface area (TPSA) is 15.8 Å². The van der Waals surface area contributed by atoms with Crippen molar-refractivity contribution in [3.63, 3.8) is 0 Å². The first-order valence-corrected chi connectivity index (χ1v) is 6.57. The van der Waals surface area contributed by atoms with Crippen molar-refractivity contribution < 1.29 is 4.39 Å². The average Bonchev–Trinajstić information content (AvgIpc) is 2.89. The summed E-state index contributed by atoms with van der Waals surface area (Å²) >= 11 is 0. The van der Waals surface area contributed by atoms with E-state index in [4.69, 9.17) is 0 Å². The number of halogens is 1. The molecule has 0 bridgehead atoms. The number of H-pyrrole nitrogens is 1. The number of nitrogens with one attached hydrogen (secondary N) is 1. The molecule has 2 heteroatoms. The highest BCUT2D eigenvalue weighted by molar-refractivity contribution is 5.90. The summed E-state index contributed by atoms with van der Waals surface area (Å²) < 4.78 is 13.2. The highest BCUT2D eigenvalue weighted by Crippen LogP contribution is 2.27. The summed E-state index contributed by atoms with van der Waals surface area (Å²) in [6, 6.07) is 21.5. The molecule has 1 N–H and O–H groups in total. The smallest absolute Gasteiger partial charge is 0.125 e. The predicted octanol–water partition coefficient (Wildman–Crippen LogP) is 5.13. The molecule has 0 saturated carbocycles. The van der Waals surface area contributed by atoms with E-state index in [9.17, 15) is 4.39 Å². The van der Waals surface area contributed by atoms with Crippen LogP contribution < -0.4 is 0 Å². The van der Waals surface area contributed by atoms with Crippen LogP contribution in [-0.4, -0.2) is 4.98 Å². The van der Waals surface area contributed by atoms with E-state index >= 15 is 0 Å².